The number of benzene rings is 2. The van der Waals surface area contributed by atoms with E-state index < -0.39 is 24.2 Å². The van der Waals surface area contributed by atoms with E-state index in [4.69, 9.17) is 10.5 Å². The fourth-order valence-electron chi connectivity index (χ4n) is 3.05. The summed E-state index contributed by atoms with van der Waals surface area (Å²) in [6, 6.07) is 12.6. The van der Waals surface area contributed by atoms with Crippen molar-refractivity contribution < 1.29 is 18.7 Å². The molecule has 124 valence electrons. The number of carbonyl (C=O) groups is 2. The highest BCUT2D eigenvalue weighted by atomic mass is 19.1. The van der Waals surface area contributed by atoms with Gasteiger partial charge in [0.25, 0.3) is 0 Å². The third-order valence-electron chi connectivity index (χ3n) is 4.14. The molecule has 0 spiro atoms. The molecule has 24 heavy (non-hydrogen) atoms. The van der Waals surface area contributed by atoms with Crippen molar-refractivity contribution in [2.24, 2.45) is 5.73 Å². The third kappa shape index (κ3) is 3.00. The number of fused-ring (bicyclic) bond motifs is 1. The third-order valence-corrected chi connectivity index (χ3v) is 4.14. The lowest BCUT2D eigenvalue weighted by Crippen LogP contribution is -2.46. The largest absolute Gasteiger partial charge is 0.431 e. The maximum Gasteiger partial charge on any atom is 0.406 e. The van der Waals surface area contributed by atoms with Gasteiger partial charge < -0.3 is 10.5 Å². The zero-order chi connectivity index (χ0) is 17.3. The van der Waals surface area contributed by atoms with Gasteiger partial charge in [0.1, 0.15) is 11.9 Å². The summed E-state index contributed by atoms with van der Waals surface area (Å²) in [5.74, 6) is -0.689. The highest BCUT2D eigenvalue weighted by molar-refractivity contribution is 6.02. The number of Topliss-reactive ketones (excluding diaryl/α,β-unsaturated/α-hetero) is 1. The monoisotopic (exact) mass is 328 g/mol. The maximum absolute atomic E-state index is 13.6. The maximum atomic E-state index is 13.6. The second-order valence-corrected chi connectivity index (χ2v) is 5.69. The molecule has 2 N–H and O–H groups in total. The van der Waals surface area contributed by atoms with E-state index in [-0.39, 0.29) is 5.78 Å². The van der Waals surface area contributed by atoms with Crippen molar-refractivity contribution in [1.82, 2.24) is 4.90 Å². The summed E-state index contributed by atoms with van der Waals surface area (Å²) in [5, 5.41) is 0. The average Bonchev–Trinajstić information content (AvgIpc) is 2.55. The molecule has 0 aromatic heterocycles. The lowest BCUT2D eigenvalue weighted by molar-refractivity contribution is -0.0268. The lowest BCUT2D eigenvalue weighted by atomic mass is 9.88. The number of hydrogen-bond donors (Lipinski definition) is 1. The van der Waals surface area contributed by atoms with Crippen LogP contribution in [0, 0.1) is 5.82 Å². The molecule has 0 aliphatic carbocycles. The SMILES string of the molecule is CC(OC(N)=O)N1Cc2ccc(F)cc2C(=O)C1c1ccccc1. The predicted octanol–water partition coefficient (Wildman–Crippen LogP) is 3.01. The Morgan fingerprint density at radius 3 is 2.67 bits per heavy atom. The fraction of sp³-hybridized carbons (Fsp3) is 0.222. The lowest BCUT2D eigenvalue weighted by Gasteiger charge is -2.38. The van der Waals surface area contributed by atoms with Gasteiger partial charge in [0.05, 0.1) is 0 Å². The van der Waals surface area contributed by atoms with Crippen LogP contribution >= 0.6 is 0 Å². The first-order chi connectivity index (χ1) is 11.5. The zero-order valence-corrected chi connectivity index (χ0v) is 13.1. The van der Waals surface area contributed by atoms with Gasteiger partial charge >= 0.3 is 6.09 Å². The molecule has 1 heterocycles. The molecule has 2 atom stereocenters. The summed E-state index contributed by atoms with van der Waals surface area (Å²) >= 11 is 0. The van der Waals surface area contributed by atoms with Crippen LogP contribution in [0.15, 0.2) is 48.5 Å². The van der Waals surface area contributed by atoms with Gasteiger partial charge in [0.15, 0.2) is 12.0 Å². The van der Waals surface area contributed by atoms with Crippen LogP contribution in [0.4, 0.5) is 9.18 Å². The molecule has 0 bridgehead atoms. The van der Waals surface area contributed by atoms with Crippen LogP contribution in [0.5, 0.6) is 0 Å². The van der Waals surface area contributed by atoms with Crippen LogP contribution in [0.1, 0.15) is 34.5 Å². The van der Waals surface area contributed by atoms with Crippen molar-refractivity contribution in [2.75, 3.05) is 0 Å². The van der Waals surface area contributed by atoms with Gasteiger partial charge in [0, 0.05) is 12.1 Å². The van der Waals surface area contributed by atoms with Crippen molar-refractivity contribution in [2.45, 2.75) is 25.7 Å². The van der Waals surface area contributed by atoms with E-state index in [1.54, 1.807) is 17.9 Å². The molecule has 0 fully saturated rings. The number of rotatable bonds is 3. The van der Waals surface area contributed by atoms with Gasteiger partial charge in [-0.05, 0) is 30.2 Å². The Kier molecular flexibility index (Phi) is 4.31. The Labute approximate surface area is 138 Å². The van der Waals surface area contributed by atoms with Gasteiger partial charge in [-0.1, -0.05) is 36.4 Å². The standard InChI is InChI=1S/C18H17FN2O3/c1-11(24-18(20)23)21-10-13-7-8-14(19)9-15(13)17(22)16(21)12-5-3-2-4-6-12/h2-9,11,16H,10H2,1H3,(H2,20,23). The number of halogens is 1. The highest BCUT2D eigenvalue weighted by Crippen LogP contribution is 2.35. The predicted molar refractivity (Wildman–Crippen MR) is 85.6 cm³/mol. The highest BCUT2D eigenvalue weighted by Gasteiger charge is 2.38. The Morgan fingerprint density at radius 1 is 1.29 bits per heavy atom. The molecule has 0 saturated heterocycles. The molecule has 2 aromatic carbocycles. The van der Waals surface area contributed by atoms with Crippen LogP contribution in [0.25, 0.3) is 0 Å². The number of ketones is 1. The van der Waals surface area contributed by atoms with E-state index in [9.17, 15) is 14.0 Å². The molecule has 0 radical (unpaired) electrons. The van der Waals surface area contributed by atoms with E-state index in [0.717, 1.165) is 5.56 Å². The molecule has 1 amide bonds. The number of primary amides is 1. The second-order valence-electron chi connectivity index (χ2n) is 5.69. The topological polar surface area (TPSA) is 72.6 Å². The van der Waals surface area contributed by atoms with E-state index in [1.807, 2.05) is 30.3 Å². The first-order valence-corrected chi connectivity index (χ1v) is 7.57. The normalized spacial score (nSPS) is 18.8. The van der Waals surface area contributed by atoms with Crippen LogP contribution in [0.3, 0.4) is 0 Å². The molecule has 3 rings (SSSR count). The number of nitrogens with zero attached hydrogens (tertiary/aromatic N) is 1. The number of amides is 1. The van der Waals surface area contributed by atoms with Gasteiger partial charge in [0.2, 0.25) is 0 Å². The van der Waals surface area contributed by atoms with Crippen LogP contribution in [-0.2, 0) is 11.3 Å². The number of carbonyl (C=O) groups excluding carboxylic acids is 2. The summed E-state index contributed by atoms with van der Waals surface area (Å²) in [7, 11) is 0. The van der Waals surface area contributed by atoms with Crippen molar-refractivity contribution in [3.63, 3.8) is 0 Å². The van der Waals surface area contributed by atoms with Crippen molar-refractivity contribution in [3.05, 3.63) is 71.0 Å². The first-order valence-electron chi connectivity index (χ1n) is 7.57. The van der Waals surface area contributed by atoms with Crippen LogP contribution in [0.2, 0.25) is 0 Å². The van der Waals surface area contributed by atoms with Gasteiger partial charge in [-0.3, -0.25) is 4.79 Å². The van der Waals surface area contributed by atoms with Gasteiger partial charge in [-0.15, -0.1) is 0 Å². The number of hydrogen-bond acceptors (Lipinski definition) is 4. The Balaban J connectivity index is 2.06. The molecule has 1 aliphatic rings. The molecule has 1 aliphatic heterocycles. The minimum absolute atomic E-state index is 0.234. The Morgan fingerprint density at radius 2 is 2.00 bits per heavy atom. The molecule has 0 saturated carbocycles. The Bertz CT molecular complexity index is 779. The average molecular weight is 328 g/mol. The number of nitrogens with two attached hydrogens (primary N) is 1. The minimum Gasteiger partial charge on any atom is -0.431 e. The summed E-state index contributed by atoms with van der Waals surface area (Å²) in [6.07, 6.45) is -1.61. The van der Waals surface area contributed by atoms with E-state index >= 15 is 0 Å². The molecule has 6 heteroatoms. The van der Waals surface area contributed by atoms with E-state index in [2.05, 4.69) is 0 Å². The number of ether oxygens (including phenoxy) is 1. The summed E-state index contributed by atoms with van der Waals surface area (Å²) in [6.45, 7) is 2.00. The van der Waals surface area contributed by atoms with Crippen molar-refractivity contribution in [3.8, 4) is 0 Å². The summed E-state index contributed by atoms with van der Waals surface area (Å²) in [4.78, 5) is 25.8. The van der Waals surface area contributed by atoms with Crippen LogP contribution in [-0.4, -0.2) is 23.0 Å². The first kappa shape index (κ1) is 16.1. The van der Waals surface area contributed by atoms with Crippen molar-refractivity contribution in [1.29, 1.82) is 0 Å². The van der Waals surface area contributed by atoms with Gasteiger partial charge in [-0.25, -0.2) is 14.1 Å². The summed E-state index contributed by atoms with van der Waals surface area (Å²) in [5.41, 5.74) is 6.90. The van der Waals surface area contributed by atoms with E-state index in [1.165, 1.54) is 12.1 Å². The fourth-order valence-corrected chi connectivity index (χ4v) is 3.05. The zero-order valence-electron chi connectivity index (χ0n) is 13.1. The Hall–Kier alpha value is -2.73. The molecular formula is C18H17FN2O3. The molecular weight excluding hydrogens is 311 g/mol. The van der Waals surface area contributed by atoms with Crippen LogP contribution < -0.4 is 5.73 Å². The van der Waals surface area contributed by atoms with E-state index in [0.29, 0.717) is 17.7 Å². The molecule has 2 unspecified atom stereocenters. The van der Waals surface area contributed by atoms with Crippen molar-refractivity contribution >= 4 is 11.9 Å². The smallest absolute Gasteiger partial charge is 0.406 e. The minimum atomic E-state index is -0.910. The summed E-state index contributed by atoms with van der Waals surface area (Å²) < 4.78 is 18.6. The molecule has 2 aromatic rings. The quantitative estimate of drug-likeness (QED) is 0.940. The second kappa shape index (κ2) is 6.41. The molecule has 5 nitrogen and oxygen atoms in total. The van der Waals surface area contributed by atoms with Gasteiger partial charge in [-0.2, -0.15) is 0 Å².